The molecule has 0 aliphatic rings. The van der Waals surface area contributed by atoms with Gasteiger partial charge in [-0.05, 0) is 30.3 Å². The van der Waals surface area contributed by atoms with Crippen molar-refractivity contribution in [2.45, 2.75) is 6.54 Å². The SMILES string of the molecule is COC(=O)c1ccc(Cl)c(NCc2ccccn2)c1. The molecule has 0 bridgehead atoms. The Hall–Kier alpha value is -2.07. The Labute approximate surface area is 116 Å². The van der Waals surface area contributed by atoms with Crippen molar-refractivity contribution in [3.8, 4) is 0 Å². The number of anilines is 1. The minimum atomic E-state index is -0.391. The highest BCUT2D eigenvalue weighted by molar-refractivity contribution is 6.33. The summed E-state index contributed by atoms with van der Waals surface area (Å²) in [7, 11) is 1.35. The molecule has 4 nitrogen and oxygen atoms in total. The molecule has 0 radical (unpaired) electrons. The molecule has 5 heteroatoms. The molecule has 0 aliphatic carbocycles. The van der Waals surface area contributed by atoms with Crippen LogP contribution in [-0.2, 0) is 11.3 Å². The lowest BCUT2D eigenvalue weighted by Gasteiger charge is -2.09. The van der Waals surface area contributed by atoms with Gasteiger partial charge in [0.2, 0.25) is 0 Å². The molecule has 0 fully saturated rings. The summed E-state index contributed by atoms with van der Waals surface area (Å²) >= 11 is 6.08. The van der Waals surface area contributed by atoms with E-state index < -0.39 is 5.97 Å². The van der Waals surface area contributed by atoms with E-state index in [4.69, 9.17) is 11.6 Å². The van der Waals surface area contributed by atoms with Gasteiger partial charge >= 0.3 is 5.97 Å². The average molecular weight is 277 g/mol. The highest BCUT2D eigenvalue weighted by Gasteiger charge is 2.08. The van der Waals surface area contributed by atoms with Crippen LogP contribution in [0.15, 0.2) is 42.6 Å². The number of nitrogens with zero attached hydrogens (tertiary/aromatic N) is 1. The topological polar surface area (TPSA) is 51.2 Å². The maximum Gasteiger partial charge on any atom is 0.337 e. The van der Waals surface area contributed by atoms with E-state index in [1.165, 1.54) is 7.11 Å². The van der Waals surface area contributed by atoms with E-state index in [1.54, 1.807) is 24.4 Å². The third-order valence-corrected chi connectivity index (χ3v) is 2.90. The van der Waals surface area contributed by atoms with Crippen LogP contribution in [0, 0.1) is 0 Å². The molecule has 0 saturated heterocycles. The van der Waals surface area contributed by atoms with Crippen molar-refractivity contribution in [2.24, 2.45) is 0 Å². The number of methoxy groups -OCH3 is 1. The number of pyridine rings is 1. The van der Waals surface area contributed by atoms with Crippen molar-refractivity contribution in [3.63, 3.8) is 0 Å². The standard InChI is InChI=1S/C14H13ClN2O2/c1-19-14(18)10-5-6-12(15)13(8-10)17-9-11-4-2-3-7-16-11/h2-8,17H,9H2,1H3. The number of hydrogen-bond donors (Lipinski definition) is 1. The first-order valence-corrected chi connectivity index (χ1v) is 6.10. The summed E-state index contributed by atoms with van der Waals surface area (Å²) in [6.45, 7) is 0.533. The second-order valence-electron chi connectivity index (χ2n) is 3.86. The quantitative estimate of drug-likeness (QED) is 0.872. The fraction of sp³-hybridized carbons (Fsp3) is 0.143. The molecular weight excluding hydrogens is 264 g/mol. The molecule has 0 amide bonds. The minimum absolute atomic E-state index is 0.391. The van der Waals surface area contributed by atoms with Gasteiger partial charge in [0, 0.05) is 6.20 Å². The van der Waals surface area contributed by atoms with E-state index >= 15 is 0 Å². The normalized spacial score (nSPS) is 10.0. The number of esters is 1. The fourth-order valence-corrected chi connectivity index (χ4v) is 1.78. The summed E-state index contributed by atoms with van der Waals surface area (Å²) in [6, 6.07) is 10.6. The maximum absolute atomic E-state index is 11.4. The molecule has 0 spiro atoms. The zero-order valence-corrected chi connectivity index (χ0v) is 11.1. The number of rotatable bonds is 4. The van der Waals surface area contributed by atoms with Gasteiger partial charge in [0.1, 0.15) is 0 Å². The van der Waals surface area contributed by atoms with Crippen LogP contribution in [0.2, 0.25) is 5.02 Å². The lowest BCUT2D eigenvalue weighted by Crippen LogP contribution is -2.05. The summed E-state index contributed by atoms with van der Waals surface area (Å²) < 4.78 is 4.67. The molecule has 98 valence electrons. The van der Waals surface area contributed by atoms with Gasteiger partial charge in [0.05, 0.1) is 35.6 Å². The van der Waals surface area contributed by atoms with Gasteiger partial charge in [0.15, 0.2) is 0 Å². The van der Waals surface area contributed by atoms with Crippen LogP contribution in [0.5, 0.6) is 0 Å². The van der Waals surface area contributed by atoms with Crippen LogP contribution in [0.3, 0.4) is 0 Å². The lowest BCUT2D eigenvalue weighted by molar-refractivity contribution is 0.0601. The predicted molar refractivity (Wildman–Crippen MR) is 74.4 cm³/mol. The number of ether oxygens (including phenoxy) is 1. The fourth-order valence-electron chi connectivity index (χ4n) is 1.59. The van der Waals surface area contributed by atoms with Gasteiger partial charge in [-0.2, -0.15) is 0 Å². The molecule has 2 rings (SSSR count). The second-order valence-corrected chi connectivity index (χ2v) is 4.27. The van der Waals surface area contributed by atoms with Gasteiger partial charge in [-0.1, -0.05) is 17.7 Å². The molecule has 0 atom stereocenters. The van der Waals surface area contributed by atoms with Gasteiger partial charge in [-0.25, -0.2) is 4.79 Å². The first kappa shape index (κ1) is 13.4. The Morgan fingerprint density at radius 3 is 2.89 bits per heavy atom. The van der Waals surface area contributed by atoms with E-state index in [9.17, 15) is 4.79 Å². The van der Waals surface area contributed by atoms with E-state index in [0.717, 1.165) is 5.69 Å². The molecule has 2 aromatic rings. The van der Waals surface area contributed by atoms with Crippen molar-refractivity contribution >= 4 is 23.3 Å². The molecule has 1 aromatic carbocycles. The molecule has 19 heavy (non-hydrogen) atoms. The van der Waals surface area contributed by atoms with E-state index in [1.807, 2.05) is 18.2 Å². The van der Waals surface area contributed by atoms with Gasteiger partial charge in [-0.3, -0.25) is 4.98 Å². The average Bonchev–Trinajstić information content (AvgIpc) is 2.46. The van der Waals surface area contributed by atoms with E-state index in [2.05, 4.69) is 15.0 Å². The third kappa shape index (κ3) is 3.45. The van der Waals surface area contributed by atoms with Gasteiger partial charge in [-0.15, -0.1) is 0 Å². The zero-order valence-electron chi connectivity index (χ0n) is 10.4. The van der Waals surface area contributed by atoms with Crippen molar-refractivity contribution in [1.29, 1.82) is 0 Å². The molecule has 0 unspecified atom stereocenters. The van der Waals surface area contributed by atoms with Crippen LogP contribution in [0.4, 0.5) is 5.69 Å². The van der Waals surface area contributed by atoms with Crippen LogP contribution in [0.25, 0.3) is 0 Å². The number of aromatic nitrogens is 1. The van der Waals surface area contributed by atoms with E-state index in [-0.39, 0.29) is 0 Å². The number of carbonyl (C=O) groups excluding carboxylic acids is 1. The smallest absolute Gasteiger partial charge is 0.337 e. The van der Waals surface area contributed by atoms with Crippen molar-refractivity contribution in [2.75, 3.05) is 12.4 Å². The Morgan fingerprint density at radius 2 is 2.21 bits per heavy atom. The number of carbonyl (C=O) groups is 1. The number of benzene rings is 1. The van der Waals surface area contributed by atoms with Crippen molar-refractivity contribution < 1.29 is 9.53 Å². The van der Waals surface area contributed by atoms with E-state index in [0.29, 0.717) is 22.8 Å². The predicted octanol–water partition coefficient (Wildman–Crippen LogP) is 3.13. The summed E-state index contributed by atoms with van der Waals surface area (Å²) in [5, 5.41) is 3.69. The maximum atomic E-state index is 11.4. The summed E-state index contributed by atoms with van der Waals surface area (Å²) in [5.41, 5.74) is 2.02. The highest BCUT2D eigenvalue weighted by atomic mass is 35.5. The van der Waals surface area contributed by atoms with Crippen LogP contribution >= 0.6 is 11.6 Å². The van der Waals surface area contributed by atoms with Crippen LogP contribution in [-0.4, -0.2) is 18.1 Å². The van der Waals surface area contributed by atoms with Gasteiger partial charge in [0.25, 0.3) is 0 Å². The molecule has 0 aliphatic heterocycles. The molecule has 1 heterocycles. The van der Waals surface area contributed by atoms with Crippen molar-refractivity contribution in [1.82, 2.24) is 4.98 Å². The Morgan fingerprint density at radius 1 is 1.37 bits per heavy atom. The van der Waals surface area contributed by atoms with Crippen LogP contribution in [0.1, 0.15) is 16.1 Å². The molecule has 1 N–H and O–H groups in total. The largest absolute Gasteiger partial charge is 0.465 e. The monoisotopic (exact) mass is 276 g/mol. The van der Waals surface area contributed by atoms with Gasteiger partial charge < -0.3 is 10.1 Å². The second kappa shape index (κ2) is 6.20. The molecule has 1 aromatic heterocycles. The van der Waals surface area contributed by atoms with Crippen molar-refractivity contribution in [3.05, 3.63) is 58.9 Å². The molecular formula is C14H13ClN2O2. The summed E-state index contributed by atoms with van der Waals surface area (Å²) in [5.74, 6) is -0.391. The molecule has 0 saturated carbocycles. The number of nitrogens with one attached hydrogen (secondary N) is 1. The van der Waals surface area contributed by atoms with Crippen LogP contribution < -0.4 is 5.32 Å². The Kier molecular flexibility index (Phi) is 4.36. The summed E-state index contributed by atoms with van der Waals surface area (Å²) in [6.07, 6.45) is 1.73. The number of hydrogen-bond acceptors (Lipinski definition) is 4. The third-order valence-electron chi connectivity index (χ3n) is 2.57. The zero-order chi connectivity index (χ0) is 13.7. The first-order chi connectivity index (χ1) is 9.20. The number of halogens is 1. The Bertz CT molecular complexity index is 573. The highest BCUT2D eigenvalue weighted by Crippen LogP contribution is 2.23. The minimum Gasteiger partial charge on any atom is -0.465 e. The summed E-state index contributed by atoms with van der Waals surface area (Å²) in [4.78, 5) is 15.6. The first-order valence-electron chi connectivity index (χ1n) is 5.72. The lowest BCUT2D eigenvalue weighted by atomic mass is 10.2. The Balaban J connectivity index is 2.13.